The topological polar surface area (TPSA) is 43.1 Å². The molecule has 13 heavy (non-hydrogen) atoms. The summed E-state index contributed by atoms with van der Waals surface area (Å²) in [6, 6.07) is 0. The highest BCUT2D eigenvalue weighted by molar-refractivity contribution is 5.82. The monoisotopic (exact) mass is 185 g/mol. The van der Waals surface area contributed by atoms with Crippen molar-refractivity contribution in [3.05, 3.63) is 0 Å². The first-order valence-electron chi connectivity index (χ1n) is 5.22. The molecule has 2 N–H and O–H groups in total. The molecule has 0 rings (SSSR count). The Balaban J connectivity index is 4.15. The number of ketones is 1. The zero-order valence-electron chi connectivity index (χ0n) is 9.34. The van der Waals surface area contributed by atoms with Crippen LogP contribution in [0.5, 0.6) is 0 Å². The van der Waals surface area contributed by atoms with Crippen molar-refractivity contribution in [1.29, 1.82) is 0 Å². The third-order valence-electron chi connectivity index (χ3n) is 2.24. The van der Waals surface area contributed by atoms with Crippen molar-refractivity contribution in [3.63, 3.8) is 0 Å². The van der Waals surface area contributed by atoms with Crippen molar-refractivity contribution in [2.45, 2.75) is 40.5 Å². The number of carbonyl (C=O) groups is 1. The number of Topliss-reactive ketones (excluding diaryl/α,β-unsaturated/α-hetero) is 1. The van der Waals surface area contributed by atoms with Crippen molar-refractivity contribution in [2.24, 2.45) is 23.5 Å². The van der Waals surface area contributed by atoms with Crippen LogP contribution in [-0.2, 0) is 4.79 Å². The van der Waals surface area contributed by atoms with E-state index >= 15 is 0 Å². The number of rotatable bonds is 6. The molecule has 0 aliphatic rings. The van der Waals surface area contributed by atoms with Crippen LogP contribution in [-0.4, -0.2) is 12.3 Å². The molecule has 0 saturated carbocycles. The lowest BCUT2D eigenvalue weighted by Crippen LogP contribution is -2.24. The van der Waals surface area contributed by atoms with Crippen LogP contribution in [0.4, 0.5) is 0 Å². The van der Waals surface area contributed by atoms with Gasteiger partial charge in [0.05, 0.1) is 0 Å². The molecule has 0 saturated heterocycles. The van der Waals surface area contributed by atoms with Gasteiger partial charge in [-0.15, -0.1) is 0 Å². The van der Waals surface area contributed by atoms with Gasteiger partial charge in [0.15, 0.2) is 0 Å². The van der Waals surface area contributed by atoms with Gasteiger partial charge in [-0.2, -0.15) is 0 Å². The Kier molecular flexibility index (Phi) is 5.97. The summed E-state index contributed by atoms with van der Waals surface area (Å²) in [5, 5.41) is 0. The highest BCUT2D eigenvalue weighted by atomic mass is 16.1. The van der Waals surface area contributed by atoms with Gasteiger partial charge in [-0.3, -0.25) is 4.79 Å². The lowest BCUT2D eigenvalue weighted by Gasteiger charge is -2.18. The van der Waals surface area contributed by atoms with Gasteiger partial charge in [0.1, 0.15) is 5.78 Å². The Hall–Kier alpha value is -0.370. The third kappa shape index (κ3) is 5.04. The van der Waals surface area contributed by atoms with Gasteiger partial charge in [-0.1, -0.05) is 27.7 Å². The average molecular weight is 185 g/mol. The van der Waals surface area contributed by atoms with Crippen LogP contribution >= 0.6 is 0 Å². The van der Waals surface area contributed by atoms with Crippen LogP contribution in [0.3, 0.4) is 0 Å². The van der Waals surface area contributed by atoms with Crippen molar-refractivity contribution in [2.75, 3.05) is 6.54 Å². The van der Waals surface area contributed by atoms with Crippen LogP contribution < -0.4 is 5.73 Å². The van der Waals surface area contributed by atoms with Gasteiger partial charge < -0.3 is 5.73 Å². The molecule has 0 aliphatic heterocycles. The molecule has 2 heteroatoms. The zero-order chi connectivity index (χ0) is 10.4. The Morgan fingerprint density at radius 1 is 1.23 bits per heavy atom. The first-order chi connectivity index (χ1) is 5.99. The van der Waals surface area contributed by atoms with E-state index in [1.165, 1.54) is 0 Å². The first kappa shape index (κ1) is 12.6. The van der Waals surface area contributed by atoms with Crippen LogP contribution in [0.1, 0.15) is 40.5 Å². The molecule has 0 fully saturated rings. The molecular weight excluding hydrogens is 162 g/mol. The summed E-state index contributed by atoms with van der Waals surface area (Å²) in [7, 11) is 0. The summed E-state index contributed by atoms with van der Waals surface area (Å²) < 4.78 is 0. The summed E-state index contributed by atoms with van der Waals surface area (Å²) in [6.45, 7) is 8.85. The van der Waals surface area contributed by atoms with Crippen molar-refractivity contribution in [1.82, 2.24) is 0 Å². The van der Waals surface area contributed by atoms with Gasteiger partial charge in [0, 0.05) is 11.8 Å². The van der Waals surface area contributed by atoms with Crippen molar-refractivity contribution >= 4 is 5.78 Å². The van der Waals surface area contributed by atoms with E-state index in [4.69, 9.17) is 5.73 Å². The first-order valence-corrected chi connectivity index (χ1v) is 5.22. The fourth-order valence-corrected chi connectivity index (χ4v) is 1.62. The van der Waals surface area contributed by atoms with E-state index in [2.05, 4.69) is 13.8 Å². The lowest BCUT2D eigenvalue weighted by molar-refractivity contribution is -0.126. The number of hydrogen-bond acceptors (Lipinski definition) is 2. The van der Waals surface area contributed by atoms with Crippen LogP contribution in [0, 0.1) is 17.8 Å². The molecule has 0 aromatic rings. The molecule has 0 bridgehead atoms. The average Bonchev–Trinajstić information content (AvgIpc) is 2.01. The van der Waals surface area contributed by atoms with Gasteiger partial charge in [0.25, 0.3) is 0 Å². The number of carbonyl (C=O) groups excluding carboxylic acids is 1. The van der Waals surface area contributed by atoms with Crippen LogP contribution in [0.2, 0.25) is 0 Å². The highest BCUT2D eigenvalue weighted by Gasteiger charge is 2.20. The van der Waals surface area contributed by atoms with Crippen molar-refractivity contribution in [3.8, 4) is 0 Å². The van der Waals surface area contributed by atoms with E-state index in [0.29, 0.717) is 18.2 Å². The second kappa shape index (κ2) is 6.14. The van der Waals surface area contributed by atoms with E-state index in [-0.39, 0.29) is 11.8 Å². The Bertz CT molecular complexity index is 152. The molecule has 0 radical (unpaired) electrons. The van der Waals surface area contributed by atoms with Crippen LogP contribution in [0.25, 0.3) is 0 Å². The second-order valence-electron chi connectivity index (χ2n) is 4.46. The zero-order valence-corrected chi connectivity index (χ0v) is 9.34. The van der Waals surface area contributed by atoms with E-state index in [1.54, 1.807) is 0 Å². The summed E-state index contributed by atoms with van der Waals surface area (Å²) >= 11 is 0. The molecule has 0 heterocycles. The summed E-state index contributed by atoms with van der Waals surface area (Å²) in [5.41, 5.74) is 5.49. The summed E-state index contributed by atoms with van der Waals surface area (Å²) in [6.07, 6.45) is 1.82. The van der Waals surface area contributed by atoms with Crippen LogP contribution in [0.15, 0.2) is 0 Å². The van der Waals surface area contributed by atoms with Gasteiger partial charge in [0.2, 0.25) is 0 Å². The normalized spacial score (nSPS) is 13.8. The predicted molar refractivity (Wildman–Crippen MR) is 56.5 cm³/mol. The minimum Gasteiger partial charge on any atom is -0.330 e. The van der Waals surface area contributed by atoms with E-state index in [0.717, 1.165) is 12.8 Å². The molecular formula is C11H23NO. The Morgan fingerprint density at radius 3 is 2.08 bits per heavy atom. The maximum absolute atomic E-state index is 11.7. The molecule has 78 valence electrons. The molecule has 1 atom stereocenters. The molecule has 2 nitrogen and oxygen atoms in total. The smallest absolute Gasteiger partial charge is 0.138 e. The molecule has 0 spiro atoms. The van der Waals surface area contributed by atoms with E-state index in [1.807, 2.05) is 13.8 Å². The van der Waals surface area contributed by atoms with E-state index < -0.39 is 0 Å². The maximum Gasteiger partial charge on any atom is 0.138 e. The summed E-state index contributed by atoms with van der Waals surface area (Å²) in [4.78, 5) is 11.7. The fraction of sp³-hybridized carbons (Fsp3) is 0.909. The van der Waals surface area contributed by atoms with Gasteiger partial charge in [-0.05, 0) is 25.3 Å². The molecule has 0 amide bonds. The Morgan fingerprint density at radius 2 is 1.77 bits per heavy atom. The standard InChI is InChI=1S/C11H23NO/c1-8(2)7-10(5-6-12)11(13)9(3)4/h8-10H,5-7,12H2,1-4H3. The predicted octanol–water partition coefficient (Wildman–Crippen LogP) is 2.22. The highest BCUT2D eigenvalue weighted by Crippen LogP contribution is 2.19. The minimum absolute atomic E-state index is 0.148. The van der Waals surface area contributed by atoms with Gasteiger partial charge >= 0.3 is 0 Å². The third-order valence-corrected chi connectivity index (χ3v) is 2.24. The molecule has 0 aliphatic carbocycles. The second-order valence-corrected chi connectivity index (χ2v) is 4.46. The minimum atomic E-state index is 0.148. The SMILES string of the molecule is CC(C)CC(CCN)C(=O)C(C)C. The molecule has 0 aromatic heterocycles. The summed E-state index contributed by atoms with van der Waals surface area (Å²) in [5.74, 6) is 1.29. The molecule has 1 unspecified atom stereocenters. The fourth-order valence-electron chi connectivity index (χ4n) is 1.62. The molecule has 0 aromatic carbocycles. The number of hydrogen-bond donors (Lipinski definition) is 1. The van der Waals surface area contributed by atoms with E-state index in [9.17, 15) is 4.79 Å². The largest absolute Gasteiger partial charge is 0.330 e. The number of nitrogens with two attached hydrogens (primary N) is 1. The quantitative estimate of drug-likeness (QED) is 0.689. The van der Waals surface area contributed by atoms with Gasteiger partial charge in [-0.25, -0.2) is 0 Å². The maximum atomic E-state index is 11.7. The Labute approximate surface area is 81.9 Å². The lowest BCUT2D eigenvalue weighted by atomic mass is 9.86. The van der Waals surface area contributed by atoms with Crippen molar-refractivity contribution < 1.29 is 4.79 Å².